The normalized spacial score (nSPS) is 35.0. The standard InChI is InChI=1S/C18H27NO4/c1-23-16-10-19(15(11-20)17(21)18(16)22)9-12-6-7-13-4-2-3-5-14(13)8-12/h2-5,12,15-18,20-22H,6-11H2,1H3/t12?,15-,16+,17-,18-/m1/s1. The molecule has 1 aromatic rings. The number of likely N-dealkylation sites (tertiary alicyclic amines) is 1. The average Bonchev–Trinajstić information content (AvgIpc) is 2.58. The van der Waals surface area contributed by atoms with Gasteiger partial charge >= 0.3 is 0 Å². The summed E-state index contributed by atoms with van der Waals surface area (Å²) in [7, 11) is 1.55. The molecule has 2 aliphatic rings. The molecule has 5 heteroatoms. The zero-order valence-corrected chi connectivity index (χ0v) is 13.6. The maximum atomic E-state index is 10.3. The van der Waals surface area contributed by atoms with E-state index in [2.05, 4.69) is 29.2 Å². The second-order valence-electron chi connectivity index (χ2n) is 6.84. The van der Waals surface area contributed by atoms with Crippen molar-refractivity contribution in [3.8, 4) is 0 Å². The SMILES string of the molecule is CO[C@H]1CN(CC2CCc3ccccc3C2)[C@H](CO)[C@@H](O)[C@@H]1O. The Balaban J connectivity index is 1.69. The monoisotopic (exact) mass is 321 g/mol. The Labute approximate surface area is 137 Å². The van der Waals surface area contributed by atoms with Gasteiger partial charge in [-0.05, 0) is 36.3 Å². The van der Waals surface area contributed by atoms with Crippen LogP contribution in [0.1, 0.15) is 17.5 Å². The highest BCUT2D eigenvalue weighted by Crippen LogP contribution is 2.28. The molecular formula is C18H27NO4. The molecular weight excluding hydrogens is 294 g/mol. The van der Waals surface area contributed by atoms with E-state index in [0.29, 0.717) is 12.5 Å². The fourth-order valence-corrected chi connectivity index (χ4v) is 4.05. The van der Waals surface area contributed by atoms with Gasteiger partial charge in [0, 0.05) is 20.2 Å². The van der Waals surface area contributed by atoms with Crippen molar-refractivity contribution in [1.82, 2.24) is 4.90 Å². The van der Waals surface area contributed by atoms with Crippen LogP contribution in [-0.4, -0.2) is 71.4 Å². The molecule has 0 bridgehead atoms. The van der Waals surface area contributed by atoms with Crippen LogP contribution in [0.4, 0.5) is 0 Å². The summed E-state index contributed by atoms with van der Waals surface area (Å²) in [5.74, 6) is 0.499. The Morgan fingerprint density at radius 2 is 1.91 bits per heavy atom. The number of methoxy groups -OCH3 is 1. The molecule has 0 radical (unpaired) electrons. The minimum atomic E-state index is -0.977. The number of aliphatic hydroxyl groups is 3. The van der Waals surface area contributed by atoms with E-state index < -0.39 is 24.4 Å². The summed E-state index contributed by atoms with van der Waals surface area (Å²) in [5, 5.41) is 30.0. The van der Waals surface area contributed by atoms with Gasteiger partial charge < -0.3 is 20.1 Å². The predicted octanol–water partition coefficient (Wildman–Crippen LogP) is 0.205. The van der Waals surface area contributed by atoms with Crippen molar-refractivity contribution in [2.24, 2.45) is 5.92 Å². The minimum Gasteiger partial charge on any atom is -0.395 e. The first kappa shape index (κ1) is 16.9. The van der Waals surface area contributed by atoms with E-state index in [1.807, 2.05) is 0 Å². The first-order valence-corrected chi connectivity index (χ1v) is 8.44. The third-order valence-corrected chi connectivity index (χ3v) is 5.44. The number of nitrogens with zero attached hydrogens (tertiary/aromatic N) is 1. The lowest BCUT2D eigenvalue weighted by atomic mass is 9.82. The third-order valence-electron chi connectivity index (χ3n) is 5.44. The summed E-state index contributed by atoms with van der Waals surface area (Å²) in [5.41, 5.74) is 2.84. The summed E-state index contributed by atoms with van der Waals surface area (Å²) in [6.07, 6.45) is 0.888. The first-order valence-electron chi connectivity index (χ1n) is 8.44. The molecule has 1 saturated heterocycles. The van der Waals surface area contributed by atoms with Gasteiger partial charge in [-0.15, -0.1) is 0 Å². The fraction of sp³-hybridized carbons (Fsp3) is 0.667. The highest BCUT2D eigenvalue weighted by Gasteiger charge is 2.42. The fourth-order valence-electron chi connectivity index (χ4n) is 4.05. The lowest BCUT2D eigenvalue weighted by molar-refractivity contribution is -0.156. The third kappa shape index (κ3) is 3.44. The van der Waals surface area contributed by atoms with Gasteiger partial charge in [0.1, 0.15) is 12.2 Å². The number of aryl methyl sites for hydroxylation is 1. The number of benzene rings is 1. The van der Waals surface area contributed by atoms with Crippen LogP contribution in [0.5, 0.6) is 0 Å². The molecule has 0 saturated carbocycles. The molecule has 0 spiro atoms. The largest absolute Gasteiger partial charge is 0.395 e. The van der Waals surface area contributed by atoms with Gasteiger partial charge in [0.2, 0.25) is 0 Å². The Morgan fingerprint density at radius 3 is 2.61 bits per heavy atom. The number of hydrogen-bond acceptors (Lipinski definition) is 5. The first-order chi connectivity index (χ1) is 11.1. The average molecular weight is 321 g/mol. The van der Waals surface area contributed by atoms with Crippen LogP contribution in [0.2, 0.25) is 0 Å². The summed E-state index contributed by atoms with van der Waals surface area (Å²) < 4.78 is 5.31. The smallest absolute Gasteiger partial charge is 0.109 e. The lowest BCUT2D eigenvalue weighted by Crippen LogP contribution is -2.63. The highest BCUT2D eigenvalue weighted by molar-refractivity contribution is 5.29. The Kier molecular flexibility index (Phi) is 5.34. The van der Waals surface area contributed by atoms with Crippen molar-refractivity contribution in [2.75, 3.05) is 26.8 Å². The van der Waals surface area contributed by atoms with E-state index in [1.165, 1.54) is 11.1 Å². The molecule has 1 aliphatic heterocycles. The Morgan fingerprint density at radius 1 is 1.17 bits per heavy atom. The van der Waals surface area contributed by atoms with Crippen molar-refractivity contribution in [2.45, 2.75) is 43.6 Å². The molecule has 1 heterocycles. The number of hydrogen-bond donors (Lipinski definition) is 3. The molecule has 1 unspecified atom stereocenters. The molecule has 23 heavy (non-hydrogen) atoms. The summed E-state index contributed by atoms with van der Waals surface area (Å²) in [4.78, 5) is 2.09. The quantitative estimate of drug-likeness (QED) is 0.739. The Bertz CT molecular complexity index is 523. The number of piperidine rings is 1. The van der Waals surface area contributed by atoms with Gasteiger partial charge in [0.05, 0.1) is 18.8 Å². The maximum absolute atomic E-state index is 10.3. The van der Waals surface area contributed by atoms with Crippen LogP contribution in [-0.2, 0) is 17.6 Å². The summed E-state index contributed by atoms with van der Waals surface area (Å²) in [6, 6.07) is 8.14. The summed E-state index contributed by atoms with van der Waals surface area (Å²) in [6.45, 7) is 1.19. The second-order valence-corrected chi connectivity index (χ2v) is 6.84. The van der Waals surface area contributed by atoms with E-state index >= 15 is 0 Å². The van der Waals surface area contributed by atoms with Crippen LogP contribution in [0.3, 0.4) is 0 Å². The summed E-state index contributed by atoms with van der Waals surface area (Å²) >= 11 is 0. The van der Waals surface area contributed by atoms with Crippen molar-refractivity contribution in [1.29, 1.82) is 0 Å². The van der Waals surface area contributed by atoms with E-state index in [1.54, 1.807) is 7.11 Å². The van der Waals surface area contributed by atoms with Crippen LogP contribution >= 0.6 is 0 Å². The van der Waals surface area contributed by atoms with Gasteiger partial charge in [-0.1, -0.05) is 24.3 Å². The number of rotatable bonds is 4. The molecule has 1 fully saturated rings. The molecule has 0 aromatic heterocycles. The van der Waals surface area contributed by atoms with Crippen LogP contribution in [0, 0.1) is 5.92 Å². The maximum Gasteiger partial charge on any atom is 0.109 e. The Hall–Kier alpha value is -0.980. The van der Waals surface area contributed by atoms with Crippen molar-refractivity contribution in [3.63, 3.8) is 0 Å². The number of fused-ring (bicyclic) bond motifs is 1. The van der Waals surface area contributed by atoms with Gasteiger partial charge in [-0.25, -0.2) is 0 Å². The van der Waals surface area contributed by atoms with Crippen LogP contribution in [0.15, 0.2) is 24.3 Å². The van der Waals surface area contributed by atoms with Gasteiger partial charge in [-0.2, -0.15) is 0 Å². The lowest BCUT2D eigenvalue weighted by Gasteiger charge is -2.45. The zero-order valence-electron chi connectivity index (χ0n) is 13.6. The number of ether oxygens (including phenoxy) is 1. The molecule has 5 nitrogen and oxygen atoms in total. The molecule has 1 aliphatic carbocycles. The topological polar surface area (TPSA) is 73.2 Å². The van der Waals surface area contributed by atoms with E-state index in [4.69, 9.17) is 4.74 Å². The molecule has 5 atom stereocenters. The van der Waals surface area contributed by atoms with Crippen molar-refractivity contribution < 1.29 is 20.1 Å². The van der Waals surface area contributed by atoms with Crippen LogP contribution in [0.25, 0.3) is 0 Å². The van der Waals surface area contributed by atoms with Gasteiger partial charge in [-0.3, -0.25) is 4.90 Å². The molecule has 128 valence electrons. The van der Waals surface area contributed by atoms with Gasteiger partial charge in [0.25, 0.3) is 0 Å². The molecule has 3 N–H and O–H groups in total. The second kappa shape index (κ2) is 7.28. The number of aliphatic hydroxyl groups excluding tert-OH is 3. The molecule has 0 amide bonds. The van der Waals surface area contributed by atoms with Crippen molar-refractivity contribution in [3.05, 3.63) is 35.4 Å². The molecule has 3 rings (SSSR count). The van der Waals surface area contributed by atoms with Crippen LogP contribution < -0.4 is 0 Å². The predicted molar refractivity (Wildman–Crippen MR) is 87.2 cm³/mol. The van der Waals surface area contributed by atoms with Crippen molar-refractivity contribution >= 4 is 0 Å². The highest BCUT2D eigenvalue weighted by atomic mass is 16.5. The van der Waals surface area contributed by atoms with E-state index in [-0.39, 0.29) is 6.61 Å². The van der Waals surface area contributed by atoms with Gasteiger partial charge in [0.15, 0.2) is 0 Å². The van der Waals surface area contributed by atoms with E-state index in [9.17, 15) is 15.3 Å². The zero-order chi connectivity index (χ0) is 16.4. The van der Waals surface area contributed by atoms with E-state index in [0.717, 1.165) is 25.8 Å². The minimum absolute atomic E-state index is 0.155. The molecule has 1 aromatic carbocycles.